The van der Waals surface area contributed by atoms with Crippen LogP contribution in [0.15, 0.2) is 109 Å². The molecule has 0 saturated heterocycles. The van der Waals surface area contributed by atoms with Crippen LogP contribution < -0.4 is 0 Å². The molecule has 0 radical (unpaired) electrons. The number of aliphatic hydroxyl groups is 1. The van der Waals surface area contributed by atoms with Crippen LogP contribution in [0.25, 0.3) is 0 Å². The maximum Gasteiger partial charge on any atom is 0.306 e. The number of rotatable bonds is 59. The highest BCUT2D eigenvalue weighted by atomic mass is 16.6. The molecule has 0 aliphatic carbocycles. The Hall–Kier alpha value is -3.44. The molecule has 0 aromatic heterocycles. The summed E-state index contributed by atoms with van der Waals surface area (Å²) >= 11 is 0. The van der Waals surface area contributed by atoms with Crippen molar-refractivity contribution >= 4 is 11.9 Å². The first-order valence-electron chi connectivity index (χ1n) is 32.4. The summed E-state index contributed by atoms with van der Waals surface area (Å²) < 4.78 is 10.7. The van der Waals surface area contributed by atoms with Crippen LogP contribution in [-0.2, 0) is 19.1 Å². The number of esters is 2. The molecule has 0 saturated carbocycles. The zero-order valence-electron chi connectivity index (χ0n) is 50.0. The topological polar surface area (TPSA) is 72.8 Å². The van der Waals surface area contributed by atoms with Gasteiger partial charge in [-0.05, 0) is 96.3 Å². The van der Waals surface area contributed by atoms with Crippen LogP contribution in [0.5, 0.6) is 0 Å². The molecule has 1 unspecified atom stereocenters. The third-order valence-corrected chi connectivity index (χ3v) is 14.1. The van der Waals surface area contributed by atoms with Gasteiger partial charge >= 0.3 is 11.9 Å². The van der Waals surface area contributed by atoms with Crippen LogP contribution in [0.4, 0.5) is 0 Å². The summed E-state index contributed by atoms with van der Waals surface area (Å²) in [5.41, 5.74) is 0. The minimum Gasteiger partial charge on any atom is -0.462 e. The van der Waals surface area contributed by atoms with Gasteiger partial charge in [-0.25, -0.2) is 0 Å². The zero-order valence-corrected chi connectivity index (χ0v) is 50.0. The summed E-state index contributed by atoms with van der Waals surface area (Å²) in [5.74, 6) is -0.596. The fourth-order valence-electron chi connectivity index (χ4n) is 9.28. The average Bonchev–Trinajstić information content (AvgIpc) is 3.42. The molecule has 0 aromatic rings. The molecule has 0 fully saturated rings. The second kappa shape index (κ2) is 65.8. The molecule has 0 amide bonds. The molecule has 0 heterocycles. The van der Waals surface area contributed by atoms with E-state index in [4.69, 9.17) is 9.47 Å². The van der Waals surface area contributed by atoms with Gasteiger partial charge in [0.1, 0.15) is 6.61 Å². The molecule has 0 spiro atoms. The number of carbonyl (C=O) groups is 2. The summed E-state index contributed by atoms with van der Waals surface area (Å²) in [6.07, 6.45) is 95.3. The monoisotopic (exact) mass is 1050 g/mol. The number of hydrogen-bond donors (Lipinski definition) is 1. The summed E-state index contributed by atoms with van der Waals surface area (Å²) in [5, 5.41) is 9.68. The Labute approximate surface area is 471 Å². The quantitative estimate of drug-likeness (QED) is 0.0373. The van der Waals surface area contributed by atoms with Crippen LogP contribution in [0.3, 0.4) is 0 Å². The van der Waals surface area contributed by atoms with Crippen molar-refractivity contribution in [3.05, 3.63) is 109 Å². The zero-order chi connectivity index (χ0) is 54.8. The third-order valence-electron chi connectivity index (χ3n) is 14.1. The van der Waals surface area contributed by atoms with E-state index in [1.54, 1.807) is 0 Å². The normalized spacial score (nSPS) is 12.9. The Balaban J connectivity index is 3.43. The van der Waals surface area contributed by atoms with Crippen LogP contribution >= 0.6 is 0 Å². The van der Waals surface area contributed by atoms with Crippen molar-refractivity contribution in [2.45, 2.75) is 315 Å². The number of carbonyl (C=O) groups excluding carboxylic acids is 2. The van der Waals surface area contributed by atoms with E-state index in [0.29, 0.717) is 12.8 Å². The minimum absolute atomic E-state index is 0.0720. The maximum atomic E-state index is 12.3. The molecule has 0 rings (SSSR count). The SMILES string of the molecule is CC/C=C\C/C=C\C/C=C\C/C=C\C/C=C\CCCCCCCCCC(=O)OC(CO)COC(=O)CCCCCCCCCCCCCCCCCCCCCCCCCCCC/C=C\C/C=C\C/C=C\C/C=C\CC. The molecule has 0 aliphatic rings. The molecule has 0 bridgehead atoms. The van der Waals surface area contributed by atoms with E-state index in [1.807, 2.05) is 0 Å². The van der Waals surface area contributed by atoms with Crippen LogP contribution in [0.1, 0.15) is 309 Å². The van der Waals surface area contributed by atoms with Crippen molar-refractivity contribution in [1.82, 2.24) is 0 Å². The van der Waals surface area contributed by atoms with Gasteiger partial charge < -0.3 is 14.6 Å². The highest BCUT2D eigenvalue weighted by molar-refractivity contribution is 5.70. The Kier molecular flexibility index (Phi) is 62.9. The predicted octanol–water partition coefficient (Wildman–Crippen LogP) is 22.4. The van der Waals surface area contributed by atoms with E-state index >= 15 is 0 Å². The van der Waals surface area contributed by atoms with E-state index in [-0.39, 0.29) is 25.2 Å². The summed E-state index contributed by atoms with van der Waals surface area (Å²) in [6.45, 7) is 3.93. The Morgan fingerprint density at radius 3 is 0.789 bits per heavy atom. The highest BCUT2D eigenvalue weighted by Gasteiger charge is 2.16. The Bertz CT molecular complexity index is 1470. The summed E-state index contributed by atoms with van der Waals surface area (Å²) in [4.78, 5) is 24.6. The van der Waals surface area contributed by atoms with Gasteiger partial charge in [-0.1, -0.05) is 309 Å². The summed E-state index contributed by atoms with van der Waals surface area (Å²) in [6, 6.07) is 0. The second-order valence-electron chi connectivity index (χ2n) is 21.4. The molecule has 5 heteroatoms. The van der Waals surface area contributed by atoms with E-state index in [9.17, 15) is 14.7 Å². The number of aliphatic hydroxyl groups excluding tert-OH is 1. The number of allylic oxidation sites excluding steroid dienone is 18. The Morgan fingerprint density at radius 2 is 0.526 bits per heavy atom. The van der Waals surface area contributed by atoms with Crippen molar-refractivity contribution in [3.63, 3.8) is 0 Å². The lowest BCUT2D eigenvalue weighted by atomic mass is 10.0. The van der Waals surface area contributed by atoms with Gasteiger partial charge in [-0.15, -0.1) is 0 Å². The number of hydrogen-bond acceptors (Lipinski definition) is 5. The van der Waals surface area contributed by atoms with Crippen molar-refractivity contribution in [1.29, 1.82) is 0 Å². The van der Waals surface area contributed by atoms with Crippen LogP contribution in [0.2, 0.25) is 0 Å². The van der Waals surface area contributed by atoms with Gasteiger partial charge in [0, 0.05) is 12.8 Å². The van der Waals surface area contributed by atoms with Crippen molar-refractivity contribution < 1.29 is 24.2 Å². The number of unbranched alkanes of at least 4 members (excludes halogenated alkanes) is 33. The second-order valence-corrected chi connectivity index (χ2v) is 21.4. The molecule has 1 N–H and O–H groups in total. The van der Waals surface area contributed by atoms with E-state index in [1.165, 1.54) is 180 Å². The van der Waals surface area contributed by atoms with E-state index in [2.05, 4.69) is 123 Å². The van der Waals surface area contributed by atoms with Gasteiger partial charge in [-0.2, -0.15) is 0 Å². The van der Waals surface area contributed by atoms with Gasteiger partial charge in [0.05, 0.1) is 6.61 Å². The molecule has 76 heavy (non-hydrogen) atoms. The molecular weight excluding hydrogens is 933 g/mol. The fourth-order valence-corrected chi connectivity index (χ4v) is 9.28. The molecule has 0 aliphatic heterocycles. The average molecular weight is 1060 g/mol. The largest absolute Gasteiger partial charge is 0.462 e. The van der Waals surface area contributed by atoms with Gasteiger partial charge in [0.25, 0.3) is 0 Å². The van der Waals surface area contributed by atoms with Crippen molar-refractivity contribution in [2.24, 2.45) is 0 Å². The molecular formula is C71H122O5. The van der Waals surface area contributed by atoms with Gasteiger partial charge in [0.2, 0.25) is 0 Å². The van der Waals surface area contributed by atoms with Crippen LogP contribution in [0, 0.1) is 0 Å². The first-order chi connectivity index (χ1) is 37.6. The molecule has 1 atom stereocenters. The lowest BCUT2D eigenvalue weighted by Gasteiger charge is -2.15. The van der Waals surface area contributed by atoms with E-state index < -0.39 is 6.10 Å². The predicted molar refractivity (Wildman–Crippen MR) is 334 cm³/mol. The standard InChI is InChI=1S/C71H122O5/c1-3-5-7-9-11-13-15-17-19-21-23-25-27-28-29-30-31-32-33-34-35-36-37-38-39-40-41-42-44-45-47-49-51-53-55-57-59-61-63-65-70(73)75-68-69(67-72)76-71(74)66-64-62-60-58-56-54-52-50-48-46-43-26-24-22-20-18-16-14-12-10-8-6-4-2/h5-8,11-14,17-20,23-26,46,48,69,72H,3-4,9-10,15-16,21-22,27-45,47,49-68H2,1-2H3/b7-5-,8-6-,13-11-,14-12-,19-17-,20-18-,25-23-,26-24-,48-46-. The van der Waals surface area contributed by atoms with E-state index in [0.717, 1.165) is 103 Å². The third kappa shape index (κ3) is 63.1. The van der Waals surface area contributed by atoms with Crippen LogP contribution in [-0.4, -0.2) is 36.4 Å². The molecule has 0 aromatic carbocycles. The first-order valence-corrected chi connectivity index (χ1v) is 32.4. The Morgan fingerprint density at radius 1 is 0.303 bits per heavy atom. The lowest BCUT2D eigenvalue weighted by Crippen LogP contribution is -2.28. The minimum atomic E-state index is -0.783. The van der Waals surface area contributed by atoms with Gasteiger partial charge in [0.15, 0.2) is 6.10 Å². The van der Waals surface area contributed by atoms with Gasteiger partial charge in [-0.3, -0.25) is 9.59 Å². The first kappa shape index (κ1) is 72.6. The van der Waals surface area contributed by atoms with Crippen molar-refractivity contribution in [3.8, 4) is 0 Å². The molecule has 5 nitrogen and oxygen atoms in total. The van der Waals surface area contributed by atoms with Crippen molar-refractivity contribution in [2.75, 3.05) is 13.2 Å². The maximum absolute atomic E-state index is 12.3. The number of ether oxygens (including phenoxy) is 2. The fraction of sp³-hybridized carbons (Fsp3) is 0.718. The lowest BCUT2D eigenvalue weighted by molar-refractivity contribution is -0.161. The summed E-state index contributed by atoms with van der Waals surface area (Å²) in [7, 11) is 0. The molecule has 436 valence electrons. The highest BCUT2D eigenvalue weighted by Crippen LogP contribution is 2.17. The smallest absolute Gasteiger partial charge is 0.306 e.